The number of hydrogen-bond donors (Lipinski definition) is 2. The topological polar surface area (TPSA) is 49.5 Å². The van der Waals surface area contributed by atoms with Crippen molar-refractivity contribution in [2.45, 2.75) is 50.7 Å². The molecule has 2 aliphatic rings. The first kappa shape index (κ1) is 15.0. The Morgan fingerprint density at radius 1 is 1.24 bits per heavy atom. The molecule has 1 heterocycles. The molecule has 3 heteroatoms. The van der Waals surface area contributed by atoms with Crippen molar-refractivity contribution < 1.29 is 5.11 Å². The van der Waals surface area contributed by atoms with Crippen molar-refractivity contribution in [3.8, 4) is 0 Å². The van der Waals surface area contributed by atoms with Crippen molar-refractivity contribution in [1.82, 2.24) is 4.90 Å². The molecule has 1 aromatic rings. The van der Waals surface area contributed by atoms with Crippen LogP contribution in [0.15, 0.2) is 24.3 Å². The van der Waals surface area contributed by atoms with Gasteiger partial charge in [-0.3, -0.25) is 4.90 Å². The van der Waals surface area contributed by atoms with Gasteiger partial charge in [0.2, 0.25) is 0 Å². The van der Waals surface area contributed by atoms with E-state index in [2.05, 4.69) is 24.0 Å². The number of aliphatic hydroxyl groups is 1. The zero-order valence-corrected chi connectivity index (χ0v) is 13.1. The first-order valence-electron chi connectivity index (χ1n) is 8.33. The summed E-state index contributed by atoms with van der Waals surface area (Å²) in [7, 11) is 0. The van der Waals surface area contributed by atoms with E-state index >= 15 is 0 Å². The molecule has 1 aromatic carbocycles. The van der Waals surface area contributed by atoms with Crippen molar-refractivity contribution in [3.05, 3.63) is 35.4 Å². The summed E-state index contributed by atoms with van der Waals surface area (Å²) in [6.07, 6.45) is 5.69. The minimum absolute atomic E-state index is 0.420. The Labute approximate surface area is 128 Å². The number of hydrogen-bond acceptors (Lipinski definition) is 3. The van der Waals surface area contributed by atoms with E-state index in [4.69, 9.17) is 5.73 Å². The minimum Gasteiger partial charge on any atom is -0.384 e. The monoisotopic (exact) mass is 288 g/mol. The summed E-state index contributed by atoms with van der Waals surface area (Å²) in [6, 6.07) is 8.67. The number of rotatable bonds is 3. The molecule has 0 radical (unpaired) electrons. The van der Waals surface area contributed by atoms with Crippen molar-refractivity contribution in [3.63, 3.8) is 0 Å². The number of aryl methyl sites for hydroxylation is 1. The lowest BCUT2D eigenvalue weighted by atomic mass is 9.86. The molecule has 0 spiro atoms. The summed E-state index contributed by atoms with van der Waals surface area (Å²) in [5.41, 5.74) is 7.64. The predicted molar refractivity (Wildman–Crippen MR) is 86.1 cm³/mol. The maximum atomic E-state index is 11.0. The van der Waals surface area contributed by atoms with Crippen molar-refractivity contribution >= 4 is 0 Å². The molecule has 3 rings (SSSR count). The zero-order valence-electron chi connectivity index (χ0n) is 13.1. The summed E-state index contributed by atoms with van der Waals surface area (Å²) in [4.78, 5) is 2.45. The molecule has 1 saturated carbocycles. The van der Waals surface area contributed by atoms with Gasteiger partial charge >= 0.3 is 0 Å². The largest absolute Gasteiger partial charge is 0.384 e. The number of nitrogens with zero attached hydrogens (tertiary/aromatic N) is 1. The second-order valence-electron chi connectivity index (χ2n) is 7.11. The van der Waals surface area contributed by atoms with Crippen LogP contribution in [0.2, 0.25) is 0 Å². The fourth-order valence-corrected chi connectivity index (χ4v) is 4.08. The molecule has 0 bridgehead atoms. The second-order valence-corrected chi connectivity index (χ2v) is 7.11. The smallest absolute Gasteiger partial charge is 0.104 e. The van der Waals surface area contributed by atoms with Gasteiger partial charge in [-0.05, 0) is 56.1 Å². The van der Waals surface area contributed by atoms with Crippen LogP contribution in [0.3, 0.4) is 0 Å². The Morgan fingerprint density at radius 2 is 1.95 bits per heavy atom. The van der Waals surface area contributed by atoms with Crippen LogP contribution >= 0.6 is 0 Å². The Morgan fingerprint density at radius 3 is 2.67 bits per heavy atom. The molecular weight excluding hydrogens is 260 g/mol. The average molecular weight is 288 g/mol. The van der Waals surface area contributed by atoms with Gasteiger partial charge in [0.05, 0.1) is 0 Å². The van der Waals surface area contributed by atoms with Crippen molar-refractivity contribution in [2.24, 2.45) is 11.7 Å². The molecule has 0 amide bonds. The van der Waals surface area contributed by atoms with Gasteiger partial charge in [-0.2, -0.15) is 0 Å². The van der Waals surface area contributed by atoms with E-state index in [9.17, 15) is 5.11 Å². The molecule has 1 atom stereocenters. The maximum absolute atomic E-state index is 11.0. The third-order valence-electron chi connectivity index (χ3n) is 5.38. The summed E-state index contributed by atoms with van der Waals surface area (Å²) in [6.45, 7) is 5.01. The van der Waals surface area contributed by atoms with Crippen LogP contribution in [0.4, 0.5) is 0 Å². The molecule has 116 valence electrons. The molecule has 21 heavy (non-hydrogen) atoms. The number of likely N-dealkylation sites (tertiary alicyclic amines) is 1. The third-order valence-corrected chi connectivity index (χ3v) is 5.38. The Kier molecular flexibility index (Phi) is 4.34. The van der Waals surface area contributed by atoms with Crippen LogP contribution in [0.1, 0.15) is 43.2 Å². The lowest BCUT2D eigenvalue weighted by Gasteiger charge is -2.31. The van der Waals surface area contributed by atoms with Crippen LogP contribution in [-0.2, 0) is 5.60 Å². The Hall–Kier alpha value is -0.900. The molecular formula is C18H28N2O. The first-order chi connectivity index (χ1) is 10.1. The summed E-state index contributed by atoms with van der Waals surface area (Å²) >= 11 is 0. The lowest BCUT2D eigenvalue weighted by Crippen LogP contribution is -2.36. The van der Waals surface area contributed by atoms with Crippen molar-refractivity contribution in [1.29, 1.82) is 0 Å². The number of benzene rings is 1. The first-order valence-corrected chi connectivity index (χ1v) is 8.33. The van der Waals surface area contributed by atoms with Gasteiger partial charge in [0.1, 0.15) is 5.60 Å². The number of β-amino-alcohol motifs (C(OH)–C–C–N with tert-alkyl or cyclic N) is 1. The van der Waals surface area contributed by atoms with Crippen LogP contribution in [0.25, 0.3) is 0 Å². The fourth-order valence-electron chi connectivity index (χ4n) is 4.08. The van der Waals surface area contributed by atoms with E-state index in [1.54, 1.807) is 0 Å². The van der Waals surface area contributed by atoms with E-state index in [1.807, 2.05) is 12.1 Å². The Bertz CT molecular complexity index is 482. The van der Waals surface area contributed by atoms with E-state index in [-0.39, 0.29) is 0 Å². The fraction of sp³-hybridized carbons (Fsp3) is 0.667. The minimum atomic E-state index is -0.656. The van der Waals surface area contributed by atoms with Gasteiger partial charge in [-0.1, -0.05) is 24.3 Å². The van der Waals surface area contributed by atoms with E-state index < -0.39 is 5.60 Å². The molecule has 3 nitrogen and oxygen atoms in total. The van der Waals surface area contributed by atoms with E-state index in [0.717, 1.165) is 37.5 Å². The average Bonchev–Trinajstić information content (AvgIpc) is 2.84. The van der Waals surface area contributed by atoms with Gasteiger partial charge in [0, 0.05) is 25.7 Å². The predicted octanol–water partition coefficient (Wildman–Crippen LogP) is 2.41. The lowest BCUT2D eigenvalue weighted by molar-refractivity contribution is 0.0428. The van der Waals surface area contributed by atoms with Crippen LogP contribution < -0.4 is 5.73 Å². The van der Waals surface area contributed by atoms with Crippen LogP contribution in [0.5, 0.6) is 0 Å². The SMILES string of the molecule is Cc1ccccc1C1(O)CCN(CC2CCC(N)CC2)C1. The normalized spacial score (nSPS) is 34.2. The highest BCUT2D eigenvalue weighted by atomic mass is 16.3. The van der Waals surface area contributed by atoms with Gasteiger partial charge in [-0.15, -0.1) is 0 Å². The van der Waals surface area contributed by atoms with Crippen molar-refractivity contribution in [2.75, 3.05) is 19.6 Å². The quantitative estimate of drug-likeness (QED) is 0.898. The molecule has 1 aliphatic heterocycles. The van der Waals surface area contributed by atoms with Gasteiger partial charge in [0.15, 0.2) is 0 Å². The van der Waals surface area contributed by atoms with Gasteiger partial charge in [0.25, 0.3) is 0 Å². The van der Waals surface area contributed by atoms with Crippen LogP contribution in [0, 0.1) is 12.8 Å². The Balaban J connectivity index is 1.61. The standard InChI is InChI=1S/C18H28N2O/c1-14-4-2-3-5-17(14)18(21)10-11-20(13-18)12-15-6-8-16(19)9-7-15/h2-5,15-16,21H,6-13,19H2,1H3. The van der Waals surface area contributed by atoms with Crippen LogP contribution in [-0.4, -0.2) is 35.7 Å². The van der Waals surface area contributed by atoms with E-state index in [0.29, 0.717) is 6.04 Å². The summed E-state index contributed by atoms with van der Waals surface area (Å²) in [5, 5.41) is 11.0. The summed E-state index contributed by atoms with van der Waals surface area (Å²) < 4.78 is 0. The van der Waals surface area contributed by atoms with Gasteiger partial charge in [-0.25, -0.2) is 0 Å². The summed E-state index contributed by atoms with van der Waals surface area (Å²) in [5.74, 6) is 0.768. The third kappa shape index (κ3) is 3.31. The second kappa shape index (κ2) is 6.07. The van der Waals surface area contributed by atoms with E-state index in [1.165, 1.54) is 31.2 Å². The highest BCUT2D eigenvalue weighted by Gasteiger charge is 2.39. The molecule has 1 aliphatic carbocycles. The zero-order chi connectivity index (χ0) is 14.9. The maximum Gasteiger partial charge on any atom is 0.104 e. The molecule has 1 saturated heterocycles. The highest BCUT2D eigenvalue weighted by Crippen LogP contribution is 2.35. The molecule has 0 aromatic heterocycles. The van der Waals surface area contributed by atoms with Gasteiger partial charge < -0.3 is 10.8 Å². The highest BCUT2D eigenvalue weighted by molar-refractivity contribution is 5.32. The molecule has 3 N–H and O–H groups in total. The molecule has 2 fully saturated rings. The molecule has 1 unspecified atom stereocenters. The number of nitrogens with two attached hydrogens (primary N) is 1.